The van der Waals surface area contributed by atoms with Gasteiger partial charge in [0.25, 0.3) is 0 Å². The number of nitrogens with zero attached hydrogens (tertiary/aromatic N) is 3. The van der Waals surface area contributed by atoms with Gasteiger partial charge in [0.2, 0.25) is 5.91 Å². The Hall–Kier alpha value is -2.47. The van der Waals surface area contributed by atoms with E-state index in [9.17, 15) is 4.79 Å². The van der Waals surface area contributed by atoms with Crippen molar-refractivity contribution in [2.24, 2.45) is 0 Å². The van der Waals surface area contributed by atoms with E-state index in [1.807, 2.05) is 0 Å². The van der Waals surface area contributed by atoms with Crippen molar-refractivity contribution >= 4 is 33.3 Å². The van der Waals surface area contributed by atoms with Crippen molar-refractivity contribution in [3.05, 3.63) is 41.5 Å². The maximum atomic E-state index is 11.8. The number of anilines is 1. The molecule has 5 nitrogen and oxygen atoms in total. The summed E-state index contributed by atoms with van der Waals surface area (Å²) in [5.74, 6) is 1.02. The summed E-state index contributed by atoms with van der Waals surface area (Å²) in [5.41, 5.74) is 3.57. The van der Waals surface area contributed by atoms with Crippen LogP contribution in [-0.2, 0) is 4.79 Å². The van der Waals surface area contributed by atoms with Gasteiger partial charge in [-0.25, -0.2) is 9.97 Å². The summed E-state index contributed by atoms with van der Waals surface area (Å²) in [6.45, 7) is 5.56. The predicted molar refractivity (Wildman–Crippen MR) is 102 cm³/mol. The van der Waals surface area contributed by atoms with E-state index in [-0.39, 0.29) is 11.9 Å². The van der Waals surface area contributed by atoms with Gasteiger partial charge < -0.3 is 10.2 Å². The number of benzene rings is 1. The number of carbonyl (C=O) groups is 1. The lowest BCUT2D eigenvalue weighted by Gasteiger charge is -2.28. The summed E-state index contributed by atoms with van der Waals surface area (Å²) in [6.07, 6.45) is 2.11. The predicted octanol–water partition coefficient (Wildman–Crippen LogP) is 3.38. The molecule has 1 saturated heterocycles. The second-order valence-corrected chi connectivity index (χ2v) is 7.35. The Labute approximate surface area is 150 Å². The van der Waals surface area contributed by atoms with E-state index in [1.165, 1.54) is 11.1 Å². The first kappa shape index (κ1) is 16.0. The number of aromatic nitrogens is 2. The normalized spacial score (nSPS) is 18.2. The molecular formula is C19H20N4OS. The topological polar surface area (TPSA) is 58.1 Å². The van der Waals surface area contributed by atoms with Gasteiger partial charge in [-0.3, -0.25) is 4.79 Å². The van der Waals surface area contributed by atoms with Crippen molar-refractivity contribution < 1.29 is 4.79 Å². The smallest absolute Gasteiger partial charge is 0.222 e. The van der Waals surface area contributed by atoms with E-state index in [0.717, 1.165) is 28.1 Å². The first-order valence-corrected chi connectivity index (χ1v) is 9.34. The first-order valence-electron chi connectivity index (χ1n) is 8.46. The summed E-state index contributed by atoms with van der Waals surface area (Å²) in [6, 6.07) is 8.64. The molecule has 1 aliphatic heterocycles. The van der Waals surface area contributed by atoms with Gasteiger partial charge in [-0.05, 0) is 19.4 Å². The lowest BCUT2D eigenvalue weighted by atomic mass is 10.0. The Balaban J connectivity index is 1.85. The zero-order chi connectivity index (χ0) is 17.4. The molecule has 2 aromatic heterocycles. The van der Waals surface area contributed by atoms with E-state index < -0.39 is 0 Å². The number of rotatable bonds is 2. The number of nitrogens with one attached hydrogen (secondary N) is 1. The highest BCUT2D eigenvalue weighted by molar-refractivity contribution is 7.17. The second kappa shape index (κ2) is 6.44. The van der Waals surface area contributed by atoms with Crippen molar-refractivity contribution in [1.29, 1.82) is 0 Å². The average molecular weight is 352 g/mol. The fraction of sp³-hybridized carbons (Fsp3) is 0.316. The number of fused-ring (bicyclic) bond motifs is 1. The van der Waals surface area contributed by atoms with Crippen LogP contribution >= 0.6 is 11.3 Å². The Morgan fingerprint density at radius 3 is 2.84 bits per heavy atom. The Morgan fingerprint density at radius 1 is 1.24 bits per heavy atom. The van der Waals surface area contributed by atoms with Crippen LogP contribution in [0.25, 0.3) is 21.3 Å². The molecule has 0 bridgehead atoms. The minimum absolute atomic E-state index is 0.101. The fourth-order valence-electron chi connectivity index (χ4n) is 3.32. The van der Waals surface area contributed by atoms with Crippen molar-refractivity contribution in [2.45, 2.75) is 26.3 Å². The number of hydrogen-bond donors (Lipinski definition) is 1. The molecule has 0 spiro atoms. The van der Waals surface area contributed by atoms with Crippen LogP contribution in [0.2, 0.25) is 0 Å². The average Bonchev–Trinajstić information content (AvgIpc) is 2.96. The van der Waals surface area contributed by atoms with Gasteiger partial charge >= 0.3 is 0 Å². The van der Waals surface area contributed by atoms with E-state index in [4.69, 9.17) is 0 Å². The molecule has 0 aliphatic carbocycles. The zero-order valence-electron chi connectivity index (χ0n) is 14.3. The monoisotopic (exact) mass is 352 g/mol. The summed E-state index contributed by atoms with van der Waals surface area (Å²) < 4.78 is 0. The minimum Gasteiger partial charge on any atom is -0.354 e. The maximum Gasteiger partial charge on any atom is 0.222 e. The second-order valence-electron chi connectivity index (χ2n) is 6.49. The zero-order valence-corrected chi connectivity index (χ0v) is 15.1. The highest BCUT2D eigenvalue weighted by Gasteiger charge is 2.25. The Morgan fingerprint density at radius 2 is 2.04 bits per heavy atom. The Kier molecular flexibility index (Phi) is 4.13. The van der Waals surface area contributed by atoms with Gasteiger partial charge in [0.05, 0.1) is 5.39 Å². The number of carbonyl (C=O) groups excluding carboxylic acids is 1. The quantitative estimate of drug-likeness (QED) is 0.768. The molecule has 1 unspecified atom stereocenters. The number of thiophene rings is 1. The van der Waals surface area contributed by atoms with E-state index in [0.29, 0.717) is 13.0 Å². The fourth-order valence-corrected chi connectivity index (χ4v) is 4.23. The van der Waals surface area contributed by atoms with Gasteiger partial charge in [0.1, 0.15) is 17.0 Å². The molecule has 3 aromatic rings. The standard InChI is InChI=1S/C19H20N4OS/c1-12-3-5-14(6-4-12)15-10-25-19-17(15)18(21-11-22-19)23-8-7-20-16(24)9-13(23)2/h3-6,10-11,13H,7-9H2,1-2H3,(H,20,24). The third kappa shape index (κ3) is 2.98. The van der Waals surface area contributed by atoms with Gasteiger partial charge in [0.15, 0.2) is 0 Å². The summed E-state index contributed by atoms with van der Waals surface area (Å²) >= 11 is 1.64. The molecule has 1 N–H and O–H groups in total. The molecule has 3 heterocycles. The molecule has 0 saturated carbocycles. The molecule has 1 atom stereocenters. The highest BCUT2D eigenvalue weighted by Crippen LogP contribution is 2.38. The first-order chi connectivity index (χ1) is 12.1. The molecule has 1 amide bonds. The van der Waals surface area contributed by atoms with Crippen LogP contribution < -0.4 is 10.2 Å². The van der Waals surface area contributed by atoms with Crippen LogP contribution in [0.5, 0.6) is 0 Å². The molecule has 4 rings (SSSR count). The van der Waals surface area contributed by atoms with Gasteiger partial charge in [-0.1, -0.05) is 29.8 Å². The van der Waals surface area contributed by atoms with E-state index in [1.54, 1.807) is 17.7 Å². The number of hydrogen-bond acceptors (Lipinski definition) is 5. The molecule has 0 radical (unpaired) electrons. The lowest BCUT2D eigenvalue weighted by molar-refractivity contribution is -0.120. The maximum absolute atomic E-state index is 11.8. The highest BCUT2D eigenvalue weighted by atomic mass is 32.1. The Bertz CT molecular complexity index is 919. The van der Waals surface area contributed by atoms with Crippen LogP contribution in [0, 0.1) is 6.92 Å². The molecule has 25 heavy (non-hydrogen) atoms. The van der Waals surface area contributed by atoms with Crippen molar-refractivity contribution in [2.75, 3.05) is 18.0 Å². The van der Waals surface area contributed by atoms with Crippen molar-refractivity contribution in [3.8, 4) is 11.1 Å². The van der Waals surface area contributed by atoms with Crippen molar-refractivity contribution in [3.63, 3.8) is 0 Å². The summed E-state index contributed by atoms with van der Waals surface area (Å²) in [7, 11) is 0. The van der Waals surface area contributed by atoms with E-state index in [2.05, 4.69) is 63.7 Å². The molecule has 1 fully saturated rings. The largest absolute Gasteiger partial charge is 0.354 e. The molecule has 6 heteroatoms. The van der Waals surface area contributed by atoms with Crippen LogP contribution in [0.1, 0.15) is 18.9 Å². The molecule has 1 aliphatic rings. The summed E-state index contributed by atoms with van der Waals surface area (Å²) in [5, 5.41) is 6.18. The summed E-state index contributed by atoms with van der Waals surface area (Å²) in [4.78, 5) is 24.1. The van der Waals surface area contributed by atoms with Gasteiger partial charge in [-0.2, -0.15) is 0 Å². The molecule has 1 aromatic carbocycles. The number of amides is 1. The lowest BCUT2D eigenvalue weighted by Crippen LogP contribution is -2.35. The van der Waals surface area contributed by atoms with Gasteiger partial charge in [0, 0.05) is 36.5 Å². The minimum atomic E-state index is 0.101. The van der Waals surface area contributed by atoms with Crippen molar-refractivity contribution in [1.82, 2.24) is 15.3 Å². The molecular weight excluding hydrogens is 332 g/mol. The van der Waals surface area contributed by atoms with Crippen LogP contribution in [-0.4, -0.2) is 35.0 Å². The van der Waals surface area contributed by atoms with Crippen LogP contribution in [0.4, 0.5) is 5.82 Å². The van der Waals surface area contributed by atoms with Crippen LogP contribution in [0.3, 0.4) is 0 Å². The third-order valence-electron chi connectivity index (χ3n) is 4.67. The SMILES string of the molecule is Cc1ccc(-c2csc3ncnc(N4CCNC(=O)CC4C)c23)cc1. The van der Waals surface area contributed by atoms with E-state index >= 15 is 0 Å². The van der Waals surface area contributed by atoms with Crippen LogP contribution in [0.15, 0.2) is 36.0 Å². The number of aryl methyl sites for hydroxylation is 1. The third-order valence-corrected chi connectivity index (χ3v) is 5.56. The van der Waals surface area contributed by atoms with Gasteiger partial charge in [-0.15, -0.1) is 11.3 Å². The molecule has 128 valence electrons.